The standard InChI is InChI=1S/C22H22N8O/c23-21-20-15(18-8-9-25-29(18)14-4-2-1-3-5-14)11-19(30(20)26-12-24-21)13-6-7-16-17(10-13)28-22(31)27-16/h6-12,14H,1-5H2,(H2,23,24,26)(H2,27,28,31). The summed E-state index contributed by atoms with van der Waals surface area (Å²) in [5.74, 6) is 0.420. The molecule has 1 aliphatic rings. The smallest absolute Gasteiger partial charge is 0.323 e. The summed E-state index contributed by atoms with van der Waals surface area (Å²) in [5.41, 5.74) is 12.1. The summed E-state index contributed by atoms with van der Waals surface area (Å²) in [7, 11) is 0. The third-order valence-corrected chi connectivity index (χ3v) is 6.26. The fourth-order valence-corrected chi connectivity index (χ4v) is 4.80. The van der Waals surface area contributed by atoms with Gasteiger partial charge in [0, 0.05) is 17.3 Å². The van der Waals surface area contributed by atoms with E-state index in [1.165, 1.54) is 25.6 Å². The van der Waals surface area contributed by atoms with Gasteiger partial charge < -0.3 is 15.7 Å². The molecule has 9 nitrogen and oxygen atoms in total. The van der Waals surface area contributed by atoms with Crippen LogP contribution >= 0.6 is 0 Å². The van der Waals surface area contributed by atoms with Gasteiger partial charge in [0.15, 0.2) is 5.82 Å². The van der Waals surface area contributed by atoms with Crippen molar-refractivity contribution < 1.29 is 0 Å². The quantitative estimate of drug-likeness (QED) is 0.417. The highest BCUT2D eigenvalue weighted by Gasteiger charge is 2.23. The molecule has 0 spiro atoms. The third-order valence-electron chi connectivity index (χ3n) is 6.26. The van der Waals surface area contributed by atoms with Gasteiger partial charge in [-0.15, -0.1) is 0 Å². The normalized spacial score (nSPS) is 15.2. The summed E-state index contributed by atoms with van der Waals surface area (Å²) in [6.45, 7) is 0. The predicted octanol–water partition coefficient (Wildman–Crippen LogP) is 3.52. The number of anilines is 1. The van der Waals surface area contributed by atoms with Crippen LogP contribution in [0.25, 0.3) is 39.1 Å². The van der Waals surface area contributed by atoms with E-state index >= 15 is 0 Å². The van der Waals surface area contributed by atoms with Gasteiger partial charge in [-0.1, -0.05) is 25.3 Å². The lowest BCUT2D eigenvalue weighted by Gasteiger charge is -2.23. The molecule has 4 aromatic heterocycles. The summed E-state index contributed by atoms with van der Waals surface area (Å²) in [4.78, 5) is 21.5. The predicted molar refractivity (Wildman–Crippen MR) is 119 cm³/mol. The molecule has 4 N–H and O–H groups in total. The fraction of sp³-hybridized carbons (Fsp3) is 0.273. The summed E-state index contributed by atoms with van der Waals surface area (Å²) >= 11 is 0. The maximum absolute atomic E-state index is 11.7. The van der Waals surface area contributed by atoms with Gasteiger partial charge in [0.1, 0.15) is 11.8 Å². The Kier molecular flexibility index (Phi) is 3.95. The van der Waals surface area contributed by atoms with E-state index in [-0.39, 0.29) is 5.69 Å². The number of benzene rings is 1. The van der Waals surface area contributed by atoms with Crippen molar-refractivity contribution in [2.24, 2.45) is 0 Å². The van der Waals surface area contributed by atoms with Crippen molar-refractivity contribution in [3.63, 3.8) is 0 Å². The van der Waals surface area contributed by atoms with E-state index in [1.54, 1.807) is 0 Å². The minimum Gasteiger partial charge on any atom is -0.382 e. The lowest BCUT2D eigenvalue weighted by atomic mass is 9.95. The van der Waals surface area contributed by atoms with Crippen molar-refractivity contribution in [1.82, 2.24) is 34.3 Å². The van der Waals surface area contributed by atoms with E-state index < -0.39 is 0 Å². The van der Waals surface area contributed by atoms with Gasteiger partial charge in [0.05, 0.1) is 28.5 Å². The second-order valence-electron chi connectivity index (χ2n) is 8.14. The number of fused-ring (bicyclic) bond motifs is 2. The van der Waals surface area contributed by atoms with Crippen LogP contribution in [0.15, 0.2) is 47.7 Å². The molecule has 0 radical (unpaired) electrons. The maximum Gasteiger partial charge on any atom is 0.323 e. The largest absolute Gasteiger partial charge is 0.382 e. The average Bonchev–Trinajstić information content (AvgIpc) is 3.49. The lowest BCUT2D eigenvalue weighted by molar-refractivity contribution is 0.332. The Bertz CT molecular complexity index is 1460. The van der Waals surface area contributed by atoms with Crippen LogP contribution in [0.2, 0.25) is 0 Å². The summed E-state index contributed by atoms with van der Waals surface area (Å²) < 4.78 is 3.96. The number of nitrogens with two attached hydrogens (primary N) is 1. The molecule has 0 amide bonds. The van der Waals surface area contributed by atoms with Crippen LogP contribution in [0.1, 0.15) is 38.1 Å². The molecule has 1 fully saturated rings. The van der Waals surface area contributed by atoms with E-state index in [9.17, 15) is 4.79 Å². The molecule has 0 aliphatic heterocycles. The number of nitrogen functional groups attached to an aromatic ring is 1. The second kappa shape index (κ2) is 6.83. The molecule has 1 aliphatic carbocycles. The van der Waals surface area contributed by atoms with Crippen LogP contribution in [-0.4, -0.2) is 34.3 Å². The van der Waals surface area contributed by atoms with Crippen molar-refractivity contribution in [1.29, 1.82) is 0 Å². The minimum absolute atomic E-state index is 0.226. The number of hydrogen-bond acceptors (Lipinski definition) is 5. The Morgan fingerprint density at radius 3 is 2.68 bits per heavy atom. The highest BCUT2D eigenvalue weighted by atomic mass is 16.1. The molecule has 31 heavy (non-hydrogen) atoms. The van der Waals surface area contributed by atoms with Crippen molar-refractivity contribution >= 4 is 22.4 Å². The molecule has 9 heteroatoms. The zero-order chi connectivity index (χ0) is 20.9. The van der Waals surface area contributed by atoms with E-state index in [4.69, 9.17) is 5.73 Å². The molecule has 0 unspecified atom stereocenters. The highest BCUT2D eigenvalue weighted by molar-refractivity contribution is 5.92. The van der Waals surface area contributed by atoms with Gasteiger partial charge >= 0.3 is 5.69 Å². The van der Waals surface area contributed by atoms with Gasteiger partial charge in [0.2, 0.25) is 0 Å². The van der Waals surface area contributed by atoms with Gasteiger partial charge in [-0.05, 0) is 37.1 Å². The Morgan fingerprint density at radius 2 is 1.81 bits per heavy atom. The second-order valence-corrected chi connectivity index (χ2v) is 8.14. The van der Waals surface area contributed by atoms with Crippen LogP contribution in [0, 0.1) is 0 Å². The van der Waals surface area contributed by atoms with Gasteiger partial charge in [-0.2, -0.15) is 10.2 Å². The molecule has 156 valence electrons. The van der Waals surface area contributed by atoms with E-state index in [0.29, 0.717) is 11.9 Å². The zero-order valence-electron chi connectivity index (χ0n) is 16.9. The Labute approximate surface area is 176 Å². The van der Waals surface area contributed by atoms with Crippen molar-refractivity contribution in [3.8, 4) is 22.5 Å². The van der Waals surface area contributed by atoms with Gasteiger partial charge in [-0.3, -0.25) is 4.68 Å². The first kappa shape index (κ1) is 17.9. The van der Waals surface area contributed by atoms with E-state index in [0.717, 1.165) is 51.9 Å². The molecule has 0 saturated heterocycles. The summed E-state index contributed by atoms with van der Waals surface area (Å²) in [6, 6.07) is 10.3. The van der Waals surface area contributed by atoms with Crippen LogP contribution in [0.5, 0.6) is 0 Å². The monoisotopic (exact) mass is 414 g/mol. The summed E-state index contributed by atoms with van der Waals surface area (Å²) in [6.07, 6.45) is 9.33. The molecule has 6 rings (SSSR count). The highest BCUT2D eigenvalue weighted by Crippen LogP contribution is 2.38. The number of aromatic amines is 2. The van der Waals surface area contributed by atoms with Crippen molar-refractivity contribution in [2.75, 3.05) is 5.73 Å². The molecule has 1 aromatic carbocycles. The number of rotatable bonds is 3. The molecule has 4 heterocycles. The molecular weight excluding hydrogens is 392 g/mol. The molecule has 0 bridgehead atoms. The van der Waals surface area contributed by atoms with Crippen LogP contribution < -0.4 is 11.4 Å². The van der Waals surface area contributed by atoms with Crippen LogP contribution in [0.3, 0.4) is 0 Å². The molecular formula is C22H22N8O. The van der Waals surface area contributed by atoms with Gasteiger partial charge in [0.25, 0.3) is 0 Å². The number of H-pyrrole nitrogens is 2. The van der Waals surface area contributed by atoms with Crippen LogP contribution in [0.4, 0.5) is 5.82 Å². The zero-order valence-corrected chi connectivity index (χ0v) is 16.9. The van der Waals surface area contributed by atoms with Gasteiger partial charge in [-0.25, -0.2) is 14.3 Å². The minimum atomic E-state index is -0.226. The molecule has 0 atom stereocenters. The first-order chi connectivity index (χ1) is 15.2. The van der Waals surface area contributed by atoms with E-state index in [1.807, 2.05) is 35.0 Å². The third kappa shape index (κ3) is 2.84. The van der Waals surface area contributed by atoms with Crippen molar-refractivity contribution in [2.45, 2.75) is 38.1 Å². The molecule has 5 aromatic rings. The number of hydrogen-bond donors (Lipinski definition) is 3. The Balaban J connectivity index is 1.57. The van der Waals surface area contributed by atoms with E-state index in [2.05, 4.69) is 35.9 Å². The lowest BCUT2D eigenvalue weighted by Crippen LogP contribution is -2.15. The average molecular weight is 414 g/mol. The fourth-order valence-electron chi connectivity index (χ4n) is 4.80. The maximum atomic E-state index is 11.7. The Morgan fingerprint density at radius 1 is 0.968 bits per heavy atom. The number of nitrogens with zero attached hydrogens (tertiary/aromatic N) is 5. The van der Waals surface area contributed by atoms with Crippen LogP contribution in [-0.2, 0) is 0 Å². The summed E-state index contributed by atoms with van der Waals surface area (Å²) in [5, 5.41) is 9.15. The Hall–Kier alpha value is -3.88. The number of nitrogens with one attached hydrogen (secondary N) is 2. The molecule has 1 saturated carbocycles. The first-order valence-electron chi connectivity index (χ1n) is 10.6. The number of imidazole rings is 1. The van der Waals surface area contributed by atoms with Crippen molar-refractivity contribution in [3.05, 3.63) is 53.3 Å². The number of aromatic nitrogens is 7. The SMILES string of the molecule is Nc1ncnn2c(-c3ccc4[nH]c(=O)[nH]c4c3)cc(-c3ccnn3C3CCCCC3)c12. The first-order valence-corrected chi connectivity index (χ1v) is 10.6. The topological polar surface area (TPSA) is 123 Å².